The molecule has 0 spiro atoms. The summed E-state index contributed by atoms with van der Waals surface area (Å²) in [4.78, 5) is 30.8. The Morgan fingerprint density at radius 3 is 2.55 bits per heavy atom. The Kier molecular flexibility index (Phi) is 6.11. The molecule has 0 aromatic carbocycles. The van der Waals surface area contributed by atoms with Gasteiger partial charge in [0.1, 0.15) is 0 Å². The third-order valence-electron chi connectivity index (χ3n) is 2.93. The molecule has 1 aromatic rings. The molecular weight excluding hydrogens is 258 g/mol. The van der Waals surface area contributed by atoms with Crippen molar-refractivity contribution in [2.45, 2.75) is 6.92 Å². The number of carbonyl (C=O) groups excluding carboxylic acids is 1. The Bertz CT molecular complexity index is 448. The van der Waals surface area contributed by atoms with Crippen molar-refractivity contribution in [1.82, 2.24) is 14.8 Å². The van der Waals surface area contributed by atoms with Crippen molar-refractivity contribution in [3.05, 3.63) is 30.1 Å². The molecule has 6 nitrogen and oxygen atoms in total. The summed E-state index contributed by atoms with van der Waals surface area (Å²) in [5.74, 6) is -1.69. The third kappa shape index (κ3) is 4.97. The molecule has 0 radical (unpaired) electrons. The first-order valence-corrected chi connectivity index (χ1v) is 6.48. The lowest BCUT2D eigenvalue weighted by molar-refractivity contribution is -0.141. The number of hydrogen-bond donors (Lipinski definition) is 1. The predicted molar refractivity (Wildman–Crippen MR) is 75.5 cm³/mol. The quantitative estimate of drug-likeness (QED) is 0.799. The zero-order valence-electron chi connectivity index (χ0n) is 12.1. The van der Waals surface area contributed by atoms with Crippen LogP contribution in [0.15, 0.2) is 24.5 Å². The number of amides is 1. The van der Waals surface area contributed by atoms with Gasteiger partial charge < -0.3 is 14.9 Å². The standard InChI is InChI=1S/C14H21N3O3/c1-11(14(19)20)10-17(8-7-16(2)3)13(18)12-5-4-6-15-9-12/h4-6,9,11H,7-8,10H2,1-3H3,(H,19,20). The minimum atomic E-state index is -0.904. The Morgan fingerprint density at radius 1 is 1.35 bits per heavy atom. The second-order valence-corrected chi connectivity index (χ2v) is 5.04. The summed E-state index contributed by atoms with van der Waals surface area (Å²) in [7, 11) is 3.82. The maximum absolute atomic E-state index is 12.4. The highest BCUT2D eigenvalue weighted by molar-refractivity contribution is 5.94. The van der Waals surface area contributed by atoms with Crippen LogP contribution in [0, 0.1) is 5.92 Å². The van der Waals surface area contributed by atoms with Gasteiger partial charge >= 0.3 is 5.97 Å². The van der Waals surface area contributed by atoms with E-state index in [1.165, 1.54) is 6.20 Å². The highest BCUT2D eigenvalue weighted by Crippen LogP contribution is 2.07. The second kappa shape index (κ2) is 7.59. The van der Waals surface area contributed by atoms with Crippen molar-refractivity contribution in [3.63, 3.8) is 0 Å². The van der Waals surface area contributed by atoms with E-state index in [4.69, 9.17) is 5.11 Å². The number of pyridine rings is 1. The lowest BCUT2D eigenvalue weighted by atomic mass is 10.1. The van der Waals surface area contributed by atoms with Gasteiger partial charge in [-0.1, -0.05) is 6.92 Å². The lowest BCUT2D eigenvalue weighted by Gasteiger charge is -2.26. The number of aromatic nitrogens is 1. The van der Waals surface area contributed by atoms with Gasteiger partial charge in [0.2, 0.25) is 0 Å². The van der Waals surface area contributed by atoms with E-state index in [1.807, 2.05) is 19.0 Å². The minimum absolute atomic E-state index is 0.187. The van der Waals surface area contributed by atoms with Crippen LogP contribution in [0.2, 0.25) is 0 Å². The fourth-order valence-electron chi connectivity index (χ4n) is 1.68. The van der Waals surface area contributed by atoms with Gasteiger partial charge in [-0.15, -0.1) is 0 Å². The van der Waals surface area contributed by atoms with Crippen molar-refractivity contribution >= 4 is 11.9 Å². The van der Waals surface area contributed by atoms with Gasteiger partial charge in [-0.25, -0.2) is 0 Å². The van der Waals surface area contributed by atoms with E-state index in [1.54, 1.807) is 30.2 Å². The second-order valence-electron chi connectivity index (χ2n) is 5.04. The number of hydrogen-bond acceptors (Lipinski definition) is 4. The number of nitrogens with zero attached hydrogens (tertiary/aromatic N) is 3. The SMILES string of the molecule is CC(CN(CCN(C)C)C(=O)c1cccnc1)C(=O)O. The van der Waals surface area contributed by atoms with Crippen LogP contribution in [0.1, 0.15) is 17.3 Å². The van der Waals surface area contributed by atoms with Gasteiger partial charge in [-0.3, -0.25) is 14.6 Å². The first-order chi connectivity index (χ1) is 9.41. The minimum Gasteiger partial charge on any atom is -0.481 e. The van der Waals surface area contributed by atoms with Crippen LogP contribution in [-0.4, -0.2) is 65.5 Å². The van der Waals surface area contributed by atoms with E-state index in [0.717, 1.165) is 0 Å². The molecule has 0 aliphatic heterocycles. The van der Waals surface area contributed by atoms with Crippen molar-refractivity contribution in [2.24, 2.45) is 5.92 Å². The molecular formula is C14H21N3O3. The van der Waals surface area contributed by atoms with Gasteiger partial charge in [0.25, 0.3) is 5.91 Å². The highest BCUT2D eigenvalue weighted by atomic mass is 16.4. The molecule has 1 heterocycles. The molecule has 1 rings (SSSR count). The average Bonchev–Trinajstić information content (AvgIpc) is 2.43. The van der Waals surface area contributed by atoms with Crippen molar-refractivity contribution in [2.75, 3.05) is 33.7 Å². The number of carbonyl (C=O) groups is 2. The maximum atomic E-state index is 12.4. The van der Waals surface area contributed by atoms with Gasteiger partial charge in [0, 0.05) is 32.0 Å². The van der Waals surface area contributed by atoms with Crippen molar-refractivity contribution in [3.8, 4) is 0 Å². The summed E-state index contributed by atoms with van der Waals surface area (Å²) in [6.07, 6.45) is 3.09. The Labute approximate surface area is 119 Å². The van der Waals surface area contributed by atoms with Crippen LogP contribution < -0.4 is 0 Å². The summed E-state index contributed by atoms with van der Waals surface area (Å²) >= 11 is 0. The largest absolute Gasteiger partial charge is 0.481 e. The summed E-state index contributed by atoms with van der Waals surface area (Å²) in [5, 5.41) is 9.00. The zero-order valence-corrected chi connectivity index (χ0v) is 12.1. The molecule has 1 unspecified atom stereocenters. The summed E-state index contributed by atoms with van der Waals surface area (Å²) < 4.78 is 0. The van der Waals surface area contributed by atoms with Crippen LogP contribution >= 0.6 is 0 Å². The monoisotopic (exact) mass is 279 g/mol. The normalized spacial score (nSPS) is 12.2. The first kappa shape index (κ1) is 16.1. The van der Waals surface area contributed by atoms with E-state index in [-0.39, 0.29) is 12.5 Å². The van der Waals surface area contributed by atoms with Crippen LogP contribution in [0.4, 0.5) is 0 Å². The number of carboxylic acid groups (broad SMARTS) is 1. The Balaban J connectivity index is 2.80. The van der Waals surface area contributed by atoms with Crippen LogP contribution in [0.3, 0.4) is 0 Å². The lowest BCUT2D eigenvalue weighted by Crippen LogP contribution is -2.40. The molecule has 6 heteroatoms. The topological polar surface area (TPSA) is 73.7 Å². The number of carboxylic acids is 1. The fraction of sp³-hybridized carbons (Fsp3) is 0.500. The Hall–Kier alpha value is -1.95. The molecule has 20 heavy (non-hydrogen) atoms. The first-order valence-electron chi connectivity index (χ1n) is 6.48. The molecule has 1 N–H and O–H groups in total. The van der Waals surface area contributed by atoms with E-state index in [0.29, 0.717) is 18.7 Å². The van der Waals surface area contributed by atoms with E-state index < -0.39 is 11.9 Å². The van der Waals surface area contributed by atoms with Crippen LogP contribution in [0.25, 0.3) is 0 Å². The molecule has 0 saturated carbocycles. The van der Waals surface area contributed by atoms with Gasteiger partial charge in [-0.2, -0.15) is 0 Å². The van der Waals surface area contributed by atoms with Crippen LogP contribution in [0.5, 0.6) is 0 Å². The molecule has 110 valence electrons. The molecule has 0 aliphatic rings. The van der Waals surface area contributed by atoms with Crippen molar-refractivity contribution < 1.29 is 14.7 Å². The predicted octanol–water partition coefficient (Wildman–Crippen LogP) is 0.806. The van der Waals surface area contributed by atoms with Gasteiger partial charge in [-0.05, 0) is 26.2 Å². The van der Waals surface area contributed by atoms with E-state index in [9.17, 15) is 9.59 Å². The van der Waals surface area contributed by atoms with E-state index in [2.05, 4.69) is 4.98 Å². The van der Waals surface area contributed by atoms with Crippen LogP contribution in [-0.2, 0) is 4.79 Å². The summed E-state index contributed by atoms with van der Waals surface area (Å²) in [6.45, 7) is 2.95. The number of aliphatic carboxylic acids is 1. The zero-order chi connectivity index (χ0) is 15.1. The molecule has 0 fully saturated rings. The highest BCUT2D eigenvalue weighted by Gasteiger charge is 2.21. The molecule has 1 atom stereocenters. The summed E-state index contributed by atoms with van der Waals surface area (Å²) in [5.41, 5.74) is 0.476. The van der Waals surface area contributed by atoms with E-state index >= 15 is 0 Å². The van der Waals surface area contributed by atoms with Gasteiger partial charge in [0.05, 0.1) is 11.5 Å². The maximum Gasteiger partial charge on any atom is 0.308 e. The molecule has 1 aromatic heterocycles. The fourth-order valence-corrected chi connectivity index (χ4v) is 1.68. The third-order valence-corrected chi connectivity index (χ3v) is 2.93. The van der Waals surface area contributed by atoms with Crippen molar-refractivity contribution in [1.29, 1.82) is 0 Å². The van der Waals surface area contributed by atoms with Gasteiger partial charge in [0.15, 0.2) is 0 Å². The smallest absolute Gasteiger partial charge is 0.308 e. The molecule has 0 saturated heterocycles. The molecule has 0 aliphatic carbocycles. The molecule has 1 amide bonds. The molecule has 0 bridgehead atoms. The Morgan fingerprint density at radius 2 is 2.05 bits per heavy atom. The average molecular weight is 279 g/mol. The number of likely N-dealkylation sites (N-methyl/N-ethyl adjacent to an activating group) is 1. The summed E-state index contributed by atoms with van der Waals surface area (Å²) in [6, 6.07) is 3.38. The number of rotatable bonds is 7.